The number of primary amides is 1. The highest BCUT2D eigenvalue weighted by molar-refractivity contribution is 7.11. The molecule has 1 heterocycles. The molecule has 1 amide bonds. The topological polar surface area (TPSA) is 68.0 Å². The van der Waals surface area contributed by atoms with Crippen LogP contribution in [0.4, 0.5) is 5.00 Å². The van der Waals surface area contributed by atoms with Crippen molar-refractivity contribution in [2.75, 3.05) is 11.9 Å². The quantitative estimate of drug-likeness (QED) is 0.823. The normalized spacial score (nSPS) is 10.4. The van der Waals surface area contributed by atoms with E-state index in [0.29, 0.717) is 13.0 Å². The lowest BCUT2D eigenvalue weighted by Crippen LogP contribution is -2.15. The smallest absolute Gasteiger partial charge is 0.219 e. The lowest BCUT2D eigenvalue weighted by Gasteiger charge is -2.00. The summed E-state index contributed by atoms with van der Waals surface area (Å²) in [6.45, 7) is 0.557. The Morgan fingerprint density at radius 1 is 1.47 bits per heavy atom. The van der Waals surface area contributed by atoms with Crippen LogP contribution in [-0.4, -0.2) is 16.8 Å². The van der Waals surface area contributed by atoms with Crippen LogP contribution in [0.2, 0.25) is 0 Å². The fourth-order valence-corrected chi connectivity index (χ4v) is 2.10. The molecule has 0 aliphatic rings. The number of carbonyl (C=O) groups is 1. The van der Waals surface area contributed by atoms with Crippen molar-refractivity contribution in [1.29, 1.82) is 0 Å². The second-order valence-electron chi connectivity index (χ2n) is 3.17. The van der Waals surface area contributed by atoms with Gasteiger partial charge in [0.1, 0.15) is 5.00 Å². The van der Waals surface area contributed by atoms with Crippen molar-refractivity contribution in [3.8, 4) is 0 Å². The van der Waals surface area contributed by atoms with Crippen molar-refractivity contribution in [2.24, 2.45) is 5.73 Å². The number of nitrogens with zero attached hydrogens (tertiary/aromatic N) is 1. The number of anilines is 1. The summed E-state index contributed by atoms with van der Waals surface area (Å²) in [5.41, 5.74) is 6.03. The summed E-state index contributed by atoms with van der Waals surface area (Å²) in [6.07, 6.45) is 0.340. The summed E-state index contributed by atoms with van der Waals surface area (Å²) in [7, 11) is 0. The lowest BCUT2D eigenvalue weighted by atomic mass is 10.2. The van der Waals surface area contributed by atoms with E-state index in [4.69, 9.17) is 5.73 Å². The van der Waals surface area contributed by atoms with Gasteiger partial charge in [-0.3, -0.25) is 4.79 Å². The van der Waals surface area contributed by atoms with Gasteiger partial charge < -0.3 is 11.1 Å². The molecular weight excluding hydrogens is 210 g/mol. The minimum absolute atomic E-state index is 0.295. The summed E-state index contributed by atoms with van der Waals surface area (Å²) < 4.78 is 4.28. The zero-order valence-corrected chi connectivity index (χ0v) is 8.88. The molecule has 0 fully saturated rings. The van der Waals surface area contributed by atoms with Crippen LogP contribution in [0.3, 0.4) is 0 Å². The van der Waals surface area contributed by atoms with Gasteiger partial charge in [0.15, 0.2) is 0 Å². The third-order valence-electron chi connectivity index (χ3n) is 2.04. The zero-order chi connectivity index (χ0) is 10.7. The predicted molar refractivity (Wildman–Crippen MR) is 61.9 cm³/mol. The average Bonchev–Trinajstić information content (AvgIpc) is 2.62. The summed E-state index contributed by atoms with van der Waals surface area (Å²) in [4.78, 5) is 10.6. The molecule has 1 aromatic carbocycles. The van der Waals surface area contributed by atoms with Crippen molar-refractivity contribution in [3.63, 3.8) is 0 Å². The summed E-state index contributed by atoms with van der Waals surface area (Å²) in [6, 6.07) is 7.89. The van der Waals surface area contributed by atoms with E-state index in [2.05, 4.69) is 9.69 Å². The van der Waals surface area contributed by atoms with E-state index >= 15 is 0 Å². The monoisotopic (exact) mass is 221 g/mol. The number of carbonyl (C=O) groups excluding carboxylic acids is 1. The van der Waals surface area contributed by atoms with E-state index in [1.54, 1.807) is 0 Å². The van der Waals surface area contributed by atoms with Gasteiger partial charge in [0.25, 0.3) is 0 Å². The third-order valence-corrected chi connectivity index (χ3v) is 2.88. The minimum Gasteiger partial charge on any atom is -0.375 e. The number of amides is 1. The van der Waals surface area contributed by atoms with Crippen molar-refractivity contribution >= 4 is 33.3 Å². The number of rotatable bonds is 4. The number of hydrogen-bond acceptors (Lipinski definition) is 4. The lowest BCUT2D eigenvalue weighted by molar-refractivity contribution is -0.117. The molecule has 2 aromatic rings. The fourth-order valence-electron chi connectivity index (χ4n) is 1.32. The minimum atomic E-state index is -0.295. The molecule has 0 aliphatic carbocycles. The van der Waals surface area contributed by atoms with Gasteiger partial charge in [-0.05, 0) is 23.7 Å². The molecule has 3 N–H and O–H groups in total. The van der Waals surface area contributed by atoms with E-state index in [0.717, 1.165) is 15.9 Å². The van der Waals surface area contributed by atoms with E-state index in [-0.39, 0.29) is 5.91 Å². The molecule has 0 unspecified atom stereocenters. The van der Waals surface area contributed by atoms with Gasteiger partial charge in [-0.25, -0.2) is 0 Å². The molecule has 0 saturated heterocycles. The maximum absolute atomic E-state index is 10.6. The van der Waals surface area contributed by atoms with Crippen molar-refractivity contribution in [3.05, 3.63) is 24.3 Å². The molecule has 0 aliphatic heterocycles. The van der Waals surface area contributed by atoms with Crippen LogP contribution in [0.1, 0.15) is 6.42 Å². The maximum atomic E-state index is 10.6. The maximum Gasteiger partial charge on any atom is 0.219 e. The molecule has 0 atom stereocenters. The van der Waals surface area contributed by atoms with Gasteiger partial charge in [0.05, 0.1) is 5.52 Å². The molecule has 4 nitrogen and oxygen atoms in total. The molecule has 5 heteroatoms. The highest BCUT2D eigenvalue weighted by Crippen LogP contribution is 2.26. The van der Waals surface area contributed by atoms with Crippen LogP contribution in [0.15, 0.2) is 24.3 Å². The molecule has 15 heavy (non-hydrogen) atoms. The molecular formula is C10H11N3OS. The Morgan fingerprint density at radius 2 is 2.27 bits per heavy atom. The predicted octanol–water partition coefficient (Wildman–Crippen LogP) is 1.58. The van der Waals surface area contributed by atoms with Gasteiger partial charge in [-0.15, -0.1) is 0 Å². The van der Waals surface area contributed by atoms with Crippen molar-refractivity contribution < 1.29 is 4.79 Å². The molecule has 1 aromatic heterocycles. The second-order valence-corrected chi connectivity index (χ2v) is 3.95. The highest BCUT2D eigenvalue weighted by Gasteiger charge is 2.04. The van der Waals surface area contributed by atoms with Crippen LogP contribution in [0.5, 0.6) is 0 Å². The van der Waals surface area contributed by atoms with E-state index in [1.165, 1.54) is 11.5 Å². The third kappa shape index (κ3) is 2.24. The summed E-state index contributed by atoms with van der Waals surface area (Å²) in [5.74, 6) is -0.295. The van der Waals surface area contributed by atoms with Gasteiger partial charge in [0.2, 0.25) is 5.91 Å². The van der Waals surface area contributed by atoms with E-state index < -0.39 is 0 Å². The molecule has 78 valence electrons. The SMILES string of the molecule is NC(=O)CCNc1snc2ccccc12. The Balaban J connectivity index is 2.11. The van der Waals surface area contributed by atoms with Gasteiger partial charge in [-0.1, -0.05) is 12.1 Å². The average molecular weight is 221 g/mol. The molecule has 2 rings (SSSR count). The Bertz CT molecular complexity index is 480. The second kappa shape index (κ2) is 4.27. The standard InChI is InChI=1S/C10H11N3OS/c11-9(14)5-6-12-10-7-3-1-2-4-8(7)13-15-10/h1-4,12H,5-6H2,(H2,11,14). The van der Waals surface area contributed by atoms with Crippen LogP contribution < -0.4 is 11.1 Å². The van der Waals surface area contributed by atoms with Crippen molar-refractivity contribution in [2.45, 2.75) is 6.42 Å². The van der Waals surface area contributed by atoms with Gasteiger partial charge >= 0.3 is 0 Å². The van der Waals surface area contributed by atoms with E-state index in [1.807, 2.05) is 24.3 Å². The molecule has 0 radical (unpaired) electrons. The number of hydrogen-bond donors (Lipinski definition) is 2. The first-order valence-corrected chi connectivity index (χ1v) is 5.41. The van der Waals surface area contributed by atoms with Gasteiger partial charge in [0, 0.05) is 18.4 Å². The summed E-state index contributed by atoms with van der Waals surface area (Å²) >= 11 is 1.40. The largest absolute Gasteiger partial charge is 0.375 e. The first-order chi connectivity index (χ1) is 7.27. The Kier molecular flexibility index (Phi) is 2.82. The first kappa shape index (κ1) is 9.92. The summed E-state index contributed by atoms with van der Waals surface area (Å²) in [5, 5.41) is 5.24. The molecule has 0 saturated carbocycles. The Hall–Kier alpha value is -1.62. The molecule has 0 spiro atoms. The Morgan fingerprint density at radius 3 is 3.07 bits per heavy atom. The van der Waals surface area contributed by atoms with Crippen molar-refractivity contribution in [1.82, 2.24) is 4.37 Å². The number of fused-ring (bicyclic) bond motifs is 1. The zero-order valence-electron chi connectivity index (χ0n) is 8.06. The fraction of sp³-hybridized carbons (Fsp3) is 0.200. The van der Waals surface area contributed by atoms with Crippen LogP contribution in [0, 0.1) is 0 Å². The molecule has 0 bridgehead atoms. The number of nitrogens with one attached hydrogen (secondary N) is 1. The number of benzene rings is 1. The number of aromatic nitrogens is 1. The van der Waals surface area contributed by atoms with E-state index in [9.17, 15) is 4.79 Å². The van der Waals surface area contributed by atoms with Crippen LogP contribution >= 0.6 is 11.5 Å². The Labute approximate surface area is 91.3 Å². The van der Waals surface area contributed by atoms with Crippen LogP contribution in [-0.2, 0) is 4.79 Å². The first-order valence-electron chi connectivity index (χ1n) is 4.64. The van der Waals surface area contributed by atoms with Crippen LogP contribution in [0.25, 0.3) is 10.9 Å². The van der Waals surface area contributed by atoms with Gasteiger partial charge in [-0.2, -0.15) is 4.37 Å². The number of nitrogens with two attached hydrogens (primary N) is 1. The highest BCUT2D eigenvalue weighted by atomic mass is 32.1.